The van der Waals surface area contributed by atoms with Gasteiger partial charge in [-0.05, 0) is 40.5 Å². The largest absolute Gasteiger partial charge is 0.338 e. The molecule has 0 aliphatic rings. The van der Waals surface area contributed by atoms with E-state index in [9.17, 15) is 9.18 Å². The molecule has 0 bridgehead atoms. The smallest absolute Gasteiger partial charge is 0.319 e. The second-order valence-corrected chi connectivity index (χ2v) is 3.86. The van der Waals surface area contributed by atoms with E-state index < -0.39 is 0 Å². The van der Waals surface area contributed by atoms with Gasteiger partial charge < -0.3 is 10.6 Å². The Morgan fingerprint density at radius 3 is 2.87 bits per heavy atom. The quantitative estimate of drug-likeness (QED) is 0.874. The van der Waals surface area contributed by atoms with Crippen LogP contribution < -0.4 is 10.6 Å². The summed E-state index contributed by atoms with van der Waals surface area (Å²) in [7, 11) is 0. The lowest BCUT2D eigenvalue weighted by molar-refractivity contribution is 0.252. The van der Waals surface area contributed by atoms with E-state index in [1.165, 1.54) is 18.2 Å². The van der Waals surface area contributed by atoms with Crippen LogP contribution in [0.2, 0.25) is 0 Å². The molecule has 2 amide bonds. The Kier molecular flexibility index (Phi) is 4.55. The standard InChI is InChI=1S/C10H12BrFN2O/c1-2-5-13-10(15)14-7-3-4-9(12)8(11)6-7/h3-4,6H,2,5H2,1H3,(H2,13,14,15). The number of anilines is 1. The fraction of sp³-hybridized carbons (Fsp3) is 0.300. The van der Waals surface area contributed by atoms with Gasteiger partial charge in [0.15, 0.2) is 0 Å². The van der Waals surface area contributed by atoms with E-state index >= 15 is 0 Å². The molecule has 15 heavy (non-hydrogen) atoms. The Morgan fingerprint density at radius 1 is 1.53 bits per heavy atom. The van der Waals surface area contributed by atoms with Crippen molar-refractivity contribution in [2.24, 2.45) is 0 Å². The Bertz CT molecular complexity index is 357. The molecule has 0 aliphatic carbocycles. The average Bonchev–Trinajstić information content (AvgIpc) is 2.20. The van der Waals surface area contributed by atoms with Crippen molar-refractivity contribution < 1.29 is 9.18 Å². The van der Waals surface area contributed by atoms with Gasteiger partial charge in [0.1, 0.15) is 5.82 Å². The highest BCUT2D eigenvalue weighted by molar-refractivity contribution is 9.10. The first-order chi connectivity index (χ1) is 7.13. The van der Waals surface area contributed by atoms with E-state index in [1.807, 2.05) is 6.92 Å². The number of nitrogens with one attached hydrogen (secondary N) is 2. The molecule has 0 spiro atoms. The van der Waals surface area contributed by atoms with Crippen LogP contribution in [0.1, 0.15) is 13.3 Å². The first kappa shape index (κ1) is 12.0. The maximum atomic E-state index is 12.9. The summed E-state index contributed by atoms with van der Waals surface area (Å²) in [4.78, 5) is 11.2. The number of rotatable bonds is 3. The fourth-order valence-electron chi connectivity index (χ4n) is 0.988. The summed E-state index contributed by atoms with van der Waals surface area (Å²) >= 11 is 3.04. The monoisotopic (exact) mass is 274 g/mol. The van der Waals surface area contributed by atoms with Gasteiger partial charge in [-0.1, -0.05) is 6.92 Å². The van der Waals surface area contributed by atoms with Crippen molar-refractivity contribution in [2.45, 2.75) is 13.3 Å². The molecule has 0 aromatic heterocycles. The number of benzene rings is 1. The molecule has 0 saturated carbocycles. The SMILES string of the molecule is CCCNC(=O)Nc1ccc(F)c(Br)c1. The predicted molar refractivity (Wildman–Crippen MR) is 61.4 cm³/mol. The summed E-state index contributed by atoms with van der Waals surface area (Å²) < 4.78 is 13.2. The van der Waals surface area contributed by atoms with Crippen LogP contribution in [-0.4, -0.2) is 12.6 Å². The molecule has 2 N–H and O–H groups in total. The van der Waals surface area contributed by atoms with Crippen LogP contribution in [0.25, 0.3) is 0 Å². The predicted octanol–water partition coefficient (Wildman–Crippen LogP) is 3.12. The van der Waals surface area contributed by atoms with E-state index in [4.69, 9.17) is 0 Å². The topological polar surface area (TPSA) is 41.1 Å². The van der Waals surface area contributed by atoms with Gasteiger partial charge in [0.2, 0.25) is 0 Å². The van der Waals surface area contributed by atoms with E-state index in [1.54, 1.807) is 0 Å². The molecule has 0 fully saturated rings. The zero-order chi connectivity index (χ0) is 11.3. The van der Waals surface area contributed by atoms with Gasteiger partial charge in [0.05, 0.1) is 4.47 Å². The van der Waals surface area contributed by atoms with Crippen LogP contribution in [0, 0.1) is 5.82 Å². The van der Waals surface area contributed by atoms with Crippen molar-refractivity contribution in [2.75, 3.05) is 11.9 Å². The number of hydrogen-bond donors (Lipinski definition) is 2. The molecule has 0 saturated heterocycles. The third-order valence-electron chi connectivity index (χ3n) is 1.71. The van der Waals surface area contributed by atoms with Gasteiger partial charge in [0.25, 0.3) is 0 Å². The molecule has 0 radical (unpaired) electrons. The summed E-state index contributed by atoms with van der Waals surface area (Å²) in [5.74, 6) is -0.352. The van der Waals surface area contributed by atoms with Crippen molar-refractivity contribution in [3.05, 3.63) is 28.5 Å². The van der Waals surface area contributed by atoms with E-state index in [0.717, 1.165) is 6.42 Å². The molecule has 82 valence electrons. The second kappa shape index (κ2) is 5.70. The molecule has 1 aromatic rings. The minimum atomic E-state index is -0.352. The lowest BCUT2D eigenvalue weighted by Gasteiger charge is -2.06. The zero-order valence-electron chi connectivity index (χ0n) is 8.31. The van der Waals surface area contributed by atoms with Crippen molar-refractivity contribution in [1.82, 2.24) is 5.32 Å². The summed E-state index contributed by atoms with van der Waals surface area (Å²) in [5.41, 5.74) is 0.553. The van der Waals surface area contributed by atoms with Gasteiger partial charge in [-0.2, -0.15) is 0 Å². The van der Waals surface area contributed by atoms with E-state index in [0.29, 0.717) is 16.7 Å². The summed E-state index contributed by atoms with van der Waals surface area (Å²) in [6.45, 7) is 2.59. The summed E-state index contributed by atoms with van der Waals surface area (Å²) in [5, 5.41) is 5.25. The van der Waals surface area contributed by atoms with Crippen molar-refractivity contribution in [3.63, 3.8) is 0 Å². The van der Waals surface area contributed by atoms with Gasteiger partial charge >= 0.3 is 6.03 Å². The molecule has 1 rings (SSSR count). The van der Waals surface area contributed by atoms with Crippen LogP contribution in [0.5, 0.6) is 0 Å². The van der Waals surface area contributed by atoms with Crippen LogP contribution >= 0.6 is 15.9 Å². The first-order valence-corrected chi connectivity index (χ1v) is 5.42. The Hall–Kier alpha value is -1.10. The molecule has 3 nitrogen and oxygen atoms in total. The maximum absolute atomic E-state index is 12.9. The highest BCUT2D eigenvalue weighted by Crippen LogP contribution is 2.19. The summed E-state index contributed by atoms with van der Waals surface area (Å²) in [6, 6.07) is 4.03. The molecule has 5 heteroatoms. The lowest BCUT2D eigenvalue weighted by Crippen LogP contribution is -2.29. The Balaban J connectivity index is 2.57. The number of carbonyl (C=O) groups is 1. The highest BCUT2D eigenvalue weighted by Gasteiger charge is 2.03. The lowest BCUT2D eigenvalue weighted by atomic mass is 10.3. The zero-order valence-corrected chi connectivity index (χ0v) is 9.90. The number of urea groups is 1. The number of carbonyl (C=O) groups excluding carboxylic acids is 1. The van der Waals surface area contributed by atoms with Crippen molar-refractivity contribution in [1.29, 1.82) is 0 Å². The van der Waals surface area contributed by atoms with Gasteiger partial charge in [-0.15, -0.1) is 0 Å². The van der Waals surface area contributed by atoms with Gasteiger partial charge in [-0.25, -0.2) is 9.18 Å². The third-order valence-corrected chi connectivity index (χ3v) is 2.32. The number of halogens is 2. The first-order valence-electron chi connectivity index (χ1n) is 4.63. The van der Waals surface area contributed by atoms with E-state index in [2.05, 4.69) is 26.6 Å². The van der Waals surface area contributed by atoms with Crippen LogP contribution in [0.3, 0.4) is 0 Å². The Morgan fingerprint density at radius 2 is 2.27 bits per heavy atom. The average molecular weight is 275 g/mol. The minimum absolute atomic E-state index is 0.282. The van der Waals surface area contributed by atoms with E-state index in [-0.39, 0.29) is 11.8 Å². The molecule has 0 atom stereocenters. The normalized spacial score (nSPS) is 9.80. The fourth-order valence-corrected chi connectivity index (χ4v) is 1.37. The van der Waals surface area contributed by atoms with Crippen LogP contribution in [0.15, 0.2) is 22.7 Å². The van der Waals surface area contributed by atoms with Gasteiger partial charge in [0, 0.05) is 12.2 Å². The second-order valence-electron chi connectivity index (χ2n) is 3.01. The molecule has 0 heterocycles. The number of hydrogen-bond acceptors (Lipinski definition) is 1. The maximum Gasteiger partial charge on any atom is 0.319 e. The molecular weight excluding hydrogens is 263 g/mol. The summed E-state index contributed by atoms with van der Waals surface area (Å²) in [6.07, 6.45) is 0.876. The third kappa shape index (κ3) is 3.87. The highest BCUT2D eigenvalue weighted by atomic mass is 79.9. The molecule has 0 aliphatic heterocycles. The minimum Gasteiger partial charge on any atom is -0.338 e. The Labute approximate surface area is 96.2 Å². The molecule has 0 unspecified atom stereocenters. The van der Waals surface area contributed by atoms with Crippen molar-refractivity contribution in [3.8, 4) is 0 Å². The number of amides is 2. The van der Waals surface area contributed by atoms with Crippen LogP contribution in [-0.2, 0) is 0 Å². The van der Waals surface area contributed by atoms with Crippen molar-refractivity contribution >= 4 is 27.6 Å². The van der Waals surface area contributed by atoms with Crippen LogP contribution in [0.4, 0.5) is 14.9 Å². The molecular formula is C10H12BrFN2O. The molecule has 1 aromatic carbocycles. The van der Waals surface area contributed by atoms with Gasteiger partial charge in [-0.3, -0.25) is 0 Å².